The Labute approximate surface area is 167 Å². The molecule has 0 amide bonds. The Morgan fingerprint density at radius 3 is 2.72 bits per heavy atom. The van der Waals surface area contributed by atoms with Crippen LogP contribution in [-0.4, -0.2) is 36.6 Å². The van der Waals surface area contributed by atoms with E-state index in [0.717, 1.165) is 41.8 Å². The van der Waals surface area contributed by atoms with E-state index < -0.39 is 0 Å². The Morgan fingerprint density at radius 2 is 1.90 bits per heavy atom. The minimum Gasteiger partial charge on any atom is -0.367 e. The molecular weight excluding hydrogens is 366 g/mol. The number of aromatic amines is 1. The maximum atomic E-state index is 11.9. The van der Waals surface area contributed by atoms with Crippen LogP contribution in [0.3, 0.4) is 0 Å². The molecule has 0 spiro atoms. The third-order valence-electron chi connectivity index (χ3n) is 5.26. The van der Waals surface area contributed by atoms with Crippen molar-refractivity contribution in [3.05, 3.63) is 71.5 Å². The molecule has 4 aromatic heterocycles. The van der Waals surface area contributed by atoms with Crippen molar-refractivity contribution in [2.75, 3.05) is 10.6 Å². The molecule has 3 N–H and O–H groups in total. The minimum absolute atomic E-state index is 0.0697. The maximum absolute atomic E-state index is 11.9. The summed E-state index contributed by atoms with van der Waals surface area (Å²) in [6, 6.07) is 11.5. The summed E-state index contributed by atoms with van der Waals surface area (Å²) in [7, 11) is 0. The first-order chi connectivity index (χ1) is 14.2. The number of hydrogen-bond acceptors (Lipinski definition) is 6. The van der Waals surface area contributed by atoms with Crippen LogP contribution < -0.4 is 16.2 Å². The van der Waals surface area contributed by atoms with Gasteiger partial charge in [-0.25, -0.2) is 15.0 Å². The number of rotatable bonds is 5. The number of hydrogen-bond donors (Lipinski definition) is 3. The molecule has 4 heterocycles. The van der Waals surface area contributed by atoms with Crippen molar-refractivity contribution in [2.45, 2.75) is 31.3 Å². The van der Waals surface area contributed by atoms with Crippen molar-refractivity contribution in [2.24, 2.45) is 0 Å². The van der Waals surface area contributed by atoms with Gasteiger partial charge in [0, 0.05) is 30.5 Å². The largest absolute Gasteiger partial charge is 0.367 e. The van der Waals surface area contributed by atoms with E-state index in [2.05, 4.69) is 30.6 Å². The highest BCUT2D eigenvalue weighted by atomic mass is 16.1. The molecule has 1 aliphatic rings. The van der Waals surface area contributed by atoms with Crippen molar-refractivity contribution in [1.82, 2.24) is 24.5 Å². The summed E-state index contributed by atoms with van der Waals surface area (Å²) in [6.07, 6.45) is 10.2. The number of fused-ring (bicyclic) bond motifs is 1. The molecule has 2 atom stereocenters. The molecule has 1 saturated carbocycles. The van der Waals surface area contributed by atoms with Gasteiger partial charge in [-0.1, -0.05) is 6.07 Å². The monoisotopic (exact) mass is 387 g/mol. The minimum atomic E-state index is -0.0697. The van der Waals surface area contributed by atoms with Gasteiger partial charge in [-0.2, -0.15) is 0 Å². The molecule has 0 radical (unpaired) electrons. The predicted molar refractivity (Wildman–Crippen MR) is 112 cm³/mol. The van der Waals surface area contributed by atoms with Gasteiger partial charge in [0.25, 0.3) is 5.56 Å². The first-order valence-electron chi connectivity index (χ1n) is 9.72. The molecule has 4 aromatic rings. The molecule has 8 nitrogen and oxygen atoms in total. The van der Waals surface area contributed by atoms with Crippen LogP contribution in [0.4, 0.5) is 11.8 Å². The molecule has 0 unspecified atom stereocenters. The maximum Gasteiger partial charge on any atom is 0.255 e. The highest BCUT2D eigenvalue weighted by molar-refractivity contribution is 5.74. The zero-order valence-electron chi connectivity index (χ0n) is 15.7. The first-order valence-corrected chi connectivity index (χ1v) is 9.72. The summed E-state index contributed by atoms with van der Waals surface area (Å²) in [5.74, 6) is 1.48. The average Bonchev–Trinajstić information content (AvgIpc) is 3.38. The van der Waals surface area contributed by atoms with Gasteiger partial charge in [-0.3, -0.25) is 9.36 Å². The van der Waals surface area contributed by atoms with E-state index in [1.807, 2.05) is 30.5 Å². The lowest BCUT2D eigenvalue weighted by molar-refractivity contribution is 0.717. The second kappa shape index (κ2) is 7.38. The molecule has 1 fully saturated rings. The summed E-state index contributed by atoms with van der Waals surface area (Å²) in [5, 5.41) is 6.93. The van der Waals surface area contributed by atoms with Gasteiger partial charge in [-0.15, -0.1) is 0 Å². The molecule has 5 rings (SSSR count). The van der Waals surface area contributed by atoms with Gasteiger partial charge in [-0.05, 0) is 43.5 Å². The normalized spacial score (nSPS) is 18.8. The molecule has 1 aliphatic carbocycles. The summed E-state index contributed by atoms with van der Waals surface area (Å²) >= 11 is 0. The Balaban J connectivity index is 1.20. The third-order valence-corrected chi connectivity index (χ3v) is 5.26. The Hall–Kier alpha value is -3.68. The van der Waals surface area contributed by atoms with E-state index in [-0.39, 0.29) is 5.56 Å². The lowest BCUT2D eigenvalue weighted by Crippen LogP contribution is -2.22. The quantitative estimate of drug-likeness (QED) is 0.487. The van der Waals surface area contributed by atoms with E-state index in [1.165, 1.54) is 6.07 Å². The number of aromatic nitrogens is 5. The second-order valence-electron chi connectivity index (χ2n) is 7.28. The van der Waals surface area contributed by atoms with Crippen LogP contribution in [0.1, 0.15) is 19.3 Å². The SMILES string of the molecule is O=c1ccccn1-c1ccc(N[C@@H]2CC[C@H](Nc3ncc4[nH]ccc4n3)C2)nc1. The molecule has 0 bridgehead atoms. The highest BCUT2D eigenvalue weighted by Gasteiger charge is 2.25. The molecule has 0 saturated heterocycles. The Morgan fingerprint density at radius 1 is 1.00 bits per heavy atom. The van der Waals surface area contributed by atoms with Gasteiger partial charge >= 0.3 is 0 Å². The van der Waals surface area contributed by atoms with Crippen LogP contribution >= 0.6 is 0 Å². The predicted octanol–water partition coefficient (Wildman–Crippen LogP) is 2.95. The van der Waals surface area contributed by atoms with Crippen LogP contribution in [0.15, 0.2) is 66.0 Å². The highest BCUT2D eigenvalue weighted by Crippen LogP contribution is 2.25. The van der Waals surface area contributed by atoms with Crippen molar-refractivity contribution in [3.63, 3.8) is 0 Å². The lowest BCUT2D eigenvalue weighted by Gasteiger charge is -2.15. The number of anilines is 2. The van der Waals surface area contributed by atoms with E-state index in [4.69, 9.17) is 0 Å². The van der Waals surface area contributed by atoms with E-state index >= 15 is 0 Å². The van der Waals surface area contributed by atoms with Crippen LogP contribution in [0.25, 0.3) is 16.7 Å². The summed E-state index contributed by atoms with van der Waals surface area (Å²) in [6.45, 7) is 0. The summed E-state index contributed by atoms with van der Waals surface area (Å²) in [5.41, 5.74) is 2.54. The van der Waals surface area contributed by atoms with E-state index in [9.17, 15) is 4.79 Å². The molecule has 146 valence electrons. The van der Waals surface area contributed by atoms with Gasteiger partial charge < -0.3 is 15.6 Å². The summed E-state index contributed by atoms with van der Waals surface area (Å²) in [4.78, 5) is 28.4. The molecule has 0 aliphatic heterocycles. The van der Waals surface area contributed by atoms with Crippen molar-refractivity contribution >= 4 is 22.8 Å². The fourth-order valence-corrected chi connectivity index (χ4v) is 3.80. The fraction of sp³-hybridized carbons (Fsp3) is 0.238. The number of nitrogens with one attached hydrogen (secondary N) is 3. The van der Waals surface area contributed by atoms with E-state index in [0.29, 0.717) is 18.0 Å². The van der Waals surface area contributed by atoms with Crippen molar-refractivity contribution in [3.8, 4) is 5.69 Å². The zero-order valence-corrected chi connectivity index (χ0v) is 15.7. The smallest absolute Gasteiger partial charge is 0.255 e. The Kier molecular flexibility index (Phi) is 4.44. The fourth-order valence-electron chi connectivity index (χ4n) is 3.80. The zero-order chi connectivity index (χ0) is 19.6. The number of nitrogens with zero attached hydrogens (tertiary/aromatic N) is 4. The van der Waals surface area contributed by atoms with Crippen LogP contribution in [-0.2, 0) is 0 Å². The van der Waals surface area contributed by atoms with E-state index in [1.54, 1.807) is 29.2 Å². The number of pyridine rings is 2. The topological polar surface area (TPSA) is 101 Å². The third kappa shape index (κ3) is 3.69. The average molecular weight is 387 g/mol. The first kappa shape index (κ1) is 17.4. The van der Waals surface area contributed by atoms with Crippen LogP contribution in [0.5, 0.6) is 0 Å². The van der Waals surface area contributed by atoms with Crippen molar-refractivity contribution in [1.29, 1.82) is 0 Å². The molecular formula is C21H21N7O. The molecule has 0 aromatic carbocycles. The van der Waals surface area contributed by atoms with Gasteiger partial charge in [0.1, 0.15) is 5.82 Å². The lowest BCUT2D eigenvalue weighted by atomic mass is 10.2. The van der Waals surface area contributed by atoms with Gasteiger partial charge in [0.05, 0.1) is 29.1 Å². The van der Waals surface area contributed by atoms with Crippen LogP contribution in [0.2, 0.25) is 0 Å². The number of H-pyrrole nitrogens is 1. The Bertz CT molecular complexity index is 1180. The molecule has 29 heavy (non-hydrogen) atoms. The summed E-state index contributed by atoms with van der Waals surface area (Å²) < 4.78 is 1.58. The standard InChI is InChI=1S/C21H21N7O/c29-20-3-1-2-10-28(20)16-6-7-19(23-12-16)25-14-4-5-15(11-14)26-21-24-13-18-17(27-21)8-9-22-18/h1-3,6-10,12-15,22H,4-5,11H2,(H,23,25)(H,24,26,27)/t14-,15+/m1/s1. The van der Waals surface area contributed by atoms with Gasteiger partial charge in [0.2, 0.25) is 5.95 Å². The molecule has 8 heteroatoms. The van der Waals surface area contributed by atoms with Crippen molar-refractivity contribution < 1.29 is 0 Å². The van der Waals surface area contributed by atoms with Gasteiger partial charge in [0.15, 0.2) is 0 Å². The van der Waals surface area contributed by atoms with Crippen LogP contribution in [0, 0.1) is 0 Å². The second-order valence-corrected chi connectivity index (χ2v) is 7.28.